The maximum absolute atomic E-state index is 5.54. The molecule has 0 radical (unpaired) electrons. The predicted molar refractivity (Wildman–Crippen MR) is 94.9 cm³/mol. The molecule has 0 spiro atoms. The lowest BCUT2D eigenvalue weighted by molar-refractivity contribution is 0.195. The second kappa shape index (κ2) is 9.49. The molecule has 0 aliphatic rings. The van der Waals surface area contributed by atoms with Crippen LogP contribution in [0.1, 0.15) is 11.1 Å². The van der Waals surface area contributed by atoms with Crippen molar-refractivity contribution in [3.05, 3.63) is 71.8 Å². The molecule has 0 heterocycles. The molecule has 3 heteroatoms. The Morgan fingerprint density at radius 2 is 1.04 bits per heavy atom. The third kappa shape index (κ3) is 6.01. The zero-order chi connectivity index (χ0) is 16.3. The van der Waals surface area contributed by atoms with Crippen LogP contribution in [-0.4, -0.2) is 27.4 Å². The van der Waals surface area contributed by atoms with Crippen LogP contribution in [0.3, 0.4) is 0 Å². The molecule has 0 N–H and O–H groups in total. The SMILES string of the molecule is COc1ccc(/C=C/COC/C=C/c2ccc(OC)cc2)cc1. The van der Waals surface area contributed by atoms with Gasteiger partial charge in [0.2, 0.25) is 0 Å². The van der Waals surface area contributed by atoms with E-state index in [-0.39, 0.29) is 0 Å². The van der Waals surface area contributed by atoms with Crippen molar-refractivity contribution in [3.63, 3.8) is 0 Å². The van der Waals surface area contributed by atoms with Crippen molar-refractivity contribution < 1.29 is 14.2 Å². The first-order chi connectivity index (χ1) is 11.3. The van der Waals surface area contributed by atoms with E-state index in [0.29, 0.717) is 13.2 Å². The highest BCUT2D eigenvalue weighted by Gasteiger charge is 1.91. The molecule has 3 nitrogen and oxygen atoms in total. The monoisotopic (exact) mass is 310 g/mol. The normalized spacial score (nSPS) is 11.2. The summed E-state index contributed by atoms with van der Waals surface area (Å²) >= 11 is 0. The zero-order valence-corrected chi connectivity index (χ0v) is 13.6. The molecule has 0 aliphatic carbocycles. The van der Waals surface area contributed by atoms with E-state index >= 15 is 0 Å². The van der Waals surface area contributed by atoms with Gasteiger partial charge in [-0.15, -0.1) is 0 Å². The highest BCUT2D eigenvalue weighted by molar-refractivity contribution is 5.51. The average Bonchev–Trinajstić information content (AvgIpc) is 2.62. The smallest absolute Gasteiger partial charge is 0.118 e. The van der Waals surface area contributed by atoms with Gasteiger partial charge in [-0.25, -0.2) is 0 Å². The fourth-order valence-corrected chi connectivity index (χ4v) is 2.00. The molecule has 0 aliphatic heterocycles. The lowest BCUT2D eigenvalue weighted by atomic mass is 10.2. The van der Waals surface area contributed by atoms with Gasteiger partial charge in [0.1, 0.15) is 11.5 Å². The van der Waals surface area contributed by atoms with Gasteiger partial charge in [-0.1, -0.05) is 48.6 Å². The number of hydrogen-bond donors (Lipinski definition) is 0. The summed E-state index contributed by atoms with van der Waals surface area (Å²) in [6, 6.07) is 15.8. The summed E-state index contributed by atoms with van der Waals surface area (Å²) in [5.74, 6) is 1.73. The van der Waals surface area contributed by atoms with E-state index in [0.717, 1.165) is 22.6 Å². The van der Waals surface area contributed by atoms with E-state index in [2.05, 4.69) is 0 Å². The van der Waals surface area contributed by atoms with Crippen molar-refractivity contribution in [3.8, 4) is 11.5 Å². The van der Waals surface area contributed by atoms with Crippen LogP contribution in [-0.2, 0) is 4.74 Å². The Kier molecular flexibility index (Phi) is 6.95. The Morgan fingerprint density at radius 1 is 0.652 bits per heavy atom. The van der Waals surface area contributed by atoms with Gasteiger partial charge in [0, 0.05) is 0 Å². The Hall–Kier alpha value is -2.52. The largest absolute Gasteiger partial charge is 0.497 e. The molecule has 0 atom stereocenters. The van der Waals surface area contributed by atoms with E-state index in [1.165, 1.54) is 0 Å². The second-order valence-electron chi connectivity index (χ2n) is 4.89. The molecule has 0 bridgehead atoms. The van der Waals surface area contributed by atoms with E-state index in [4.69, 9.17) is 14.2 Å². The maximum Gasteiger partial charge on any atom is 0.118 e. The van der Waals surface area contributed by atoms with Crippen LogP contribution in [0.25, 0.3) is 12.2 Å². The molecule has 23 heavy (non-hydrogen) atoms. The highest BCUT2D eigenvalue weighted by atomic mass is 16.5. The van der Waals surface area contributed by atoms with Crippen molar-refractivity contribution >= 4 is 12.2 Å². The molecule has 0 amide bonds. The van der Waals surface area contributed by atoms with E-state index < -0.39 is 0 Å². The van der Waals surface area contributed by atoms with Crippen LogP contribution in [0.5, 0.6) is 11.5 Å². The van der Waals surface area contributed by atoms with Crippen LogP contribution in [0.15, 0.2) is 60.7 Å². The van der Waals surface area contributed by atoms with Crippen LogP contribution in [0.2, 0.25) is 0 Å². The molecule has 2 aromatic carbocycles. The van der Waals surface area contributed by atoms with Gasteiger partial charge in [-0.2, -0.15) is 0 Å². The number of ether oxygens (including phenoxy) is 3. The molecule has 0 fully saturated rings. The van der Waals surface area contributed by atoms with Crippen LogP contribution in [0, 0.1) is 0 Å². The van der Waals surface area contributed by atoms with Gasteiger partial charge in [-0.05, 0) is 35.4 Å². The molecular formula is C20H22O3. The third-order valence-electron chi connectivity index (χ3n) is 3.28. The zero-order valence-electron chi connectivity index (χ0n) is 13.6. The first-order valence-corrected chi connectivity index (χ1v) is 7.51. The minimum atomic E-state index is 0.582. The topological polar surface area (TPSA) is 27.7 Å². The summed E-state index contributed by atoms with van der Waals surface area (Å²) in [7, 11) is 3.33. The van der Waals surface area contributed by atoms with Crippen molar-refractivity contribution in [1.82, 2.24) is 0 Å². The fraction of sp³-hybridized carbons (Fsp3) is 0.200. The first kappa shape index (κ1) is 16.8. The van der Waals surface area contributed by atoms with Crippen LogP contribution < -0.4 is 9.47 Å². The van der Waals surface area contributed by atoms with Crippen LogP contribution in [0.4, 0.5) is 0 Å². The Bertz CT molecular complexity index is 567. The lowest BCUT2D eigenvalue weighted by Gasteiger charge is -2.00. The minimum Gasteiger partial charge on any atom is -0.497 e. The Morgan fingerprint density at radius 3 is 1.39 bits per heavy atom. The van der Waals surface area contributed by atoms with Crippen molar-refractivity contribution in [2.24, 2.45) is 0 Å². The third-order valence-corrected chi connectivity index (χ3v) is 3.28. The Labute approximate surface area is 137 Å². The van der Waals surface area contributed by atoms with E-state index in [9.17, 15) is 0 Å². The molecule has 0 unspecified atom stereocenters. The molecule has 0 aromatic heterocycles. The van der Waals surface area contributed by atoms with Gasteiger partial charge in [-0.3, -0.25) is 0 Å². The van der Waals surface area contributed by atoms with E-state index in [1.807, 2.05) is 72.8 Å². The molecule has 2 aromatic rings. The minimum absolute atomic E-state index is 0.582. The van der Waals surface area contributed by atoms with Gasteiger partial charge in [0.05, 0.1) is 27.4 Å². The summed E-state index contributed by atoms with van der Waals surface area (Å²) in [5.41, 5.74) is 2.26. The highest BCUT2D eigenvalue weighted by Crippen LogP contribution is 2.13. The maximum atomic E-state index is 5.54. The molecule has 0 saturated heterocycles. The first-order valence-electron chi connectivity index (χ1n) is 7.51. The lowest BCUT2D eigenvalue weighted by Crippen LogP contribution is -1.90. The summed E-state index contributed by atoms with van der Waals surface area (Å²) in [4.78, 5) is 0. The second-order valence-corrected chi connectivity index (χ2v) is 4.89. The summed E-state index contributed by atoms with van der Waals surface area (Å²) in [6.45, 7) is 1.16. The van der Waals surface area contributed by atoms with Crippen LogP contribution >= 0.6 is 0 Å². The molecule has 2 rings (SSSR count). The summed E-state index contributed by atoms with van der Waals surface area (Å²) in [5, 5.41) is 0. The number of methoxy groups -OCH3 is 2. The Balaban J connectivity index is 1.68. The van der Waals surface area contributed by atoms with Gasteiger partial charge < -0.3 is 14.2 Å². The predicted octanol–water partition coefficient (Wildman–Crippen LogP) is 4.45. The van der Waals surface area contributed by atoms with Crippen molar-refractivity contribution in [2.75, 3.05) is 27.4 Å². The number of benzene rings is 2. The van der Waals surface area contributed by atoms with E-state index in [1.54, 1.807) is 14.2 Å². The molecule has 0 saturated carbocycles. The number of rotatable bonds is 8. The van der Waals surface area contributed by atoms with Gasteiger partial charge in [0.15, 0.2) is 0 Å². The molecular weight excluding hydrogens is 288 g/mol. The fourth-order valence-electron chi connectivity index (χ4n) is 2.00. The molecule has 120 valence electrons. The summed E-state index contributed by atoms with van der Waals surface area (Å²) < 4.78 is 15.8. The van der Waals surface area contributed by atoms with Gasteiger partial charge in [0.25, 0.3) is 0 Å². The van der Waals surface area contributed by atoms with Crippen molar-refractivity contribution in [1.29, 1.82) is 0 Å². The summed E-state index contributed by atoms with van der Waals surface area (Å²) in [6.07, 6.45) is 8.07. The van der Waals surface area contributed by atoms with Crippen molar-refractivity contribution in [2.45, 2.75) is 0 Å². The average molecular weight is 310 g/mol. The number of hydrogen-bond acceptors (Lipinski definition) is 3. The quantitative estimate of drug-likeness (QED) is 0.674. The standard InChI is InChI=1S/C20H22O3/c1-21-19-11-7-17(8-12-19)5-3-15-23-16-4-6-18-9-13-20(22-2)14-10-18/h3-14H,15-16H2,1-2H3/b5-3+,6-4+. The van der Waals surface area contributed by atoms with Gasteiger partial charge >= 0.3 is 0 Å².